The fourth-order valence-corrected chi connectivity index (χ4v) is 3.05. The van der Waals surface area contributed by atoms with E-state index in [4.69, 9.17) is 5.84 Å². The van der Waals surface area contributed by atoms with E-state index in [1.54, 1.807) is 6.07 Å². The van der Waals surface area contributed by atoms with Gasteiger partial charge in [-0.15, -0.1) is 0 Å². The standard InChI is InChI=1S/C16H24N4O/c1-2-13-7-12(8-15(19-13)20-17)16(21)18-9-14(10-3-4-10)11-5-6-11/h7-8,10-11,14H,2-6,9,17H2,1H3,(H,18,21)(H,19,20). The van der Waals surface area contributed by atoms with Crippen molar-refractivity contribution in [3.05, 3.63) is 23.4 Å². The van der Waals surface area contributed by atoms with Crippen LogP contribution in [0.1, 0.15) is 48.7 Å². The number of nitrogens with one attached hydrogen (secondary N) is 2. The third-order valence-corrected chi connectivity index (χ3v) is 4.60. The highest BCUT2D eigenvalue weighted by molar-refractivity contribution is 5.95. The number of rotatable bonds is 7. The van der Waals surface area contributed by atoms with Crippen LogP contribution in [0.25, 0.3) is 0 Å². The number of aryl methyl sites for hydroxylation is 1. The Kier molecular flexibility index (Phi) is 4.10. The fourth-order valence-electron chi connectivity index (χ4n) is 3.05. The molecule has 0 spiro atoms. The quantitative estimate of drug-likeness (QED) is 0.530. The van der Waals surface area contributed by atoms with E-state index in [0.29, 0.717) is 17.3 Å². The Morgan fingerprint density at radius 3 is 2.52 bits per heavy atom. The van der Waals surface area contributed by atoms with Crippen molar-refractivity contribution in [1.29, 1.82) is 0 Å². The molecule has 5 nitrogen and oxygen atoms in total. The van der Waals surface area contributed by atoms with Gasteiger partial charge >= 0.3 is 0 Å². The normalized spacial score (nSPS) is 17.9. The number of pyridine rings is 1. The van der Waals surface area contributed by atoms with Crippen molar-refractivity contribution in [1.82, 2.24) is 10.3 Å². The van der Waals surface area contributed by atoms with Gasteiger partial charge in [0.15, 0.2) is 0 Å². The summed E-state index contributed by atoms with van der Waals surface area (Å²) in [5.41, 5.74) is 4.04. The molecule has 2 saturated carbocycles. The van der Waals surface area contributed by atoms with Gasteiger partial charge in [0, 0.05) is 17.8 Å². The molecule has 1 amide bonds. The highest BCUT2D eigenvalue weighted by Gasteiger charge is 2.41. The predicted molar refractivity (Wildman–Crippen MR) is 82.7 cm³/mol. The molecule has 1 aromatic heterocycles. The highest BCUT2D eigenvalue weighted by Crippen LogP contribution is 2.48. The van der Waals surface area contributed by atoms with Gasteiger partial charge in [-0.25, -0.2) is 10.8 Å². The Hall–Kier alpha value is -1.62. The molecule has 2 aliphatic rings. The molecule has 0 unspecified atom stereocenters. The lowest BCUT2D eigenvalue weighted by Crippen LogP contribution is -2.31. The largest absolute Gasteiger partial charge is 0.352 e. The maximum atomic E-state index is 12.4. The maximum absolute atomic E-state index is 12.4. The molecule has 0 atom stereocenters. The van der Waals surface area contributed by atoms with Crippen LogP contribution in [0.15, 0.2) is 12.1 Å². The van der Waals surface area contributed by atoms with Crippen LogP contribution in [0.5, 0.6) is 0 Å². The van der Waals surface area contributed by atoms with Crippen LogP contribution in [-0.2, 0) is 6.42 Å². The molecule has 2 aliphatic carbocycles. The second-order valence-corrected chi connectivity index (χ2v) is 6.28. The molecule has 0 aromatic carbocycles. The van der Waals surface area contributed by atoms with Gasteiger partial charge in [0.2, 0.25) is 0 Å². The van der Waals surface area contributed by atoms with Gasteiger partial charge in [0.05, 0.1) is 0 Å². The van der Waals surface area contributed by atoms with E-state index in [9.17, 15) is 4.79 Å². The van der Waals surface area contributed by atoms with E-state index < -0.39 is 0 Å². The van der Waals surface area contributed by atoms with Gasteiger partial charge in [0.25, 0.3) is 5.91 Å². The Labute approximate surface area is 125 Å². The number of nitrogens with two attached hydrogens (primary N) is 1. The van der Waals surface area contributed by atoms with Crippen molar-refractivity contribution in [2.75, 3.05) is 12.0 Å². The first kappa shape index (κ1) is 14.3. The number of nitrogens with zero attached hydrogens (tertiary/aromatic N) is 1. The molecule has 2 fully saturated rings. The molecule has 0 saturated heterocycles. The zero-order valence-corrected chi connectivity index (χ0v) is 12.6. The molecule has 1 aromatic rings. The van der Waals surface area contributed by atoms with E-state index in [1.165, 1.54) is 25.7 Å². The first-order chi connectivity index (χ1) is 10.2. The summed E-state index contributed by atoms with van der Waals surface area (Å²) < 4.78 is 0. The van der Waals surface area contributed by atoms with Crippen molar-refractivity contribution in [2.45, 2.75) is 39.0 Å². The number of anilines is 1. The Balaban J connectivity index is 1.64. The van der Waals surface area contributed by atoms with E-state index in [-0.39, 0.29) is 5.91 Å². The highest BCUT2D eigenvalue weighted by atomic mass is 16.1. The first-order valence-corrected chi connectivity index (χ1v) is 7.97. The number of nitrogen functional groups attached to an aromatic ring is 1. The van der Waals surface area contributed by atoms with Gasteiger partial charge in [-0.1, -0.05) is 6.92 Å². The van der Waals surface area contributed by atoms with Crippen LogP contribution in [0.4, 0.5) is 5.82 Å². The molecular weight excluding hydrogens is 264 g/mol. The Bertz CT molecular complexity index is 489. The van der Waals surface area contributed by atoms with Gasteiger partial charge < -0.3 is 10.7 Å². The minimum Gasteiger partial charge on any atom is -0.352 e. The zero-order chi connectivity index (χ0) is 14.8. The third-order valence-electron chi connectivity index (χ3n) is 4.60. The molecule has 0 radical (unpaired) electrons. The summed E-state index contributed by atoms with van der Waals surface area (Å²) in [6.45, 7) is 2.82. The van der Waals surface area contributed by atoms with E-state index in [0.717, 1.165) is 30.5 Å². The summed E-state index contributed by atoms with van der Waals surface area (Å²) in [6.07, 6.45) is 6.14. The molecule has 0 bridgehead atoms. The summed E-state index contributed by atoms with van der Waals surface area (Å²) in [5, 5.41) is 3.11. The van der Waals surface area contributed by atoms with E-state index in [1.807, 2.05) is 13.0 Å². The lowest BCUT2D eigenvalue weighted by atomic mass is 9.98. The van der Waals surface area contributed by atoms with Crippen LogP contribution in [0, 0.1) is 17.8 Å². The van der Waals surface area contributed by atoms with Crippen molar-refractivity contribution >= 4 is 11.7 Å². The lowest BCUT2D eigenvalue weighted by Gasteiger charge is -2.16. The van der Waals surface area contributed by atoms with Crippen molar-refractivity contribution in [2.24, 2.45) is 23.6 Å². The van der Waals surface area contributed by atoms with Crippen molar-refractivity contribution < 1.29 is 4.79 Å². The molecule has 5 heteroatoms. The topological polar surface area (TPSA) is 80.0 Å². The number of hydrazine groups is 1. The average molecular weight is 288 g/mol. The van der Waals surface area contributed by atoms with Gasteiger partial charge in [-0.05, 0) is 62.0 Å². The average Bonchev–Trinajstić information content (AvgIpc) is 3.38. The summed E-state index contributed by atoms with van der Waals surface area (Å²) >= 11 is 0. The van der Waals surface area contributed by atoms with E-state index in [2.05, 4.69) is 15.7 Å². The maximum Gasteiger partial charge on any atom is 0.251 e. The van der Waals surface area contributed by atoms with Crippen LogP contribution >= 0.6 is 0 Å². The fraction of sp³-hybridized carbons (Fsp3) is 0.625. The molecule has 21 heavy (non-hydrogen) atoms. The van der Waals surface area contributed by atoms with Crippen LogP contribution < -0.4 is 16.6 Å². The summed E-state index contributed by atoms with van der Waals surface area (Å²) in [6, 6.07) is 3.55. The Morgan fingerprint density at radius 2 is 2.00 bits per heavy atom. The summed E-state index contributed by atoms with van der Waals surface area (Å²) in [7, 11) is 0. The predicted octanol–water partition coefficient (Wildman–Crippen LogP) is 2.10. The number of hydrogen-bond acceptors (Lipinski definition) is 4. The second-order valence-electron chi connectivity index (χ2n) is 6.28. The number of hydrogen-bond donors (Lipinski definition) is 3. The SMILES string of the molecule is CCc1cc(C(=O)NCC(C2CC2)C2CC2)cc(NN)n1. The first-order valence-electron chi connectivity index (χ1n) is 7.97. The lowest BCUT2D eigenvalue weighted by molar-refractivity contribution is 0.0943. The minimum atomic E-state index is -0.0186. The minimum absolute atomic E-state index is 0.0186. The molecule has 0 aliphatic heterocycles. The molecule has 3 rings (SSSR count). The van der Waals surface area contributed by atoms with E-state index >= 15 is 0 Å². The number of amides is 1. The summed E-state index contributed by atoms with van der Waals surface area (Å²) in [4.78, 5) is 16.7. The third kappa shape index (κ3) is 3.53. The smallest absolute Gasteiger partial charge is 0.251 e. The Morgan fingerprint density at radius 1 is 1.33 bits per heavy atom. The number of carbonyl (C=O) groups is 1. The van der Waals surface area contributed by atoms with Crippen LogP contribution in [0.3, 0.4) is 0 Å². The molecule has 1 heterocycles. The number of aromatic nitrogens is 1. The zero-order valence-electron chi connectivity index (χ0n) is 12.6. The number of carbonyl (C=O) groups excluding carboxylic acids is 1. The molecular formula is C16H24N4O. The van der Waals surface area contributed by atoms with Gasteiger partial charge in [-0.2, -0.15) is 0 Å². The van der Waals surface area contributed by atoms with Gasteiger partial charge in [0.1, 0.15) is 5.82 Å². The second kappa shape index (κ2) is 6.02. The summed E-state index contributed by atoms with van der Waals surface area (Å²) in [5.74, 6) is 8.33. The van der Waals surface area contributed by atoms with Gasteiger partial charge in [-0.3, -0.25) is 4.79 Å². The van der Waals surface area contributed by atoms with Crippen molar-refractivity contribution in [3.63, 3.8) is 0 Å². The van der Waals surface area contributed by atoms with Crippen molar-refractivity contribution in [3.8, 4) is 0 Å². The van der Waals surface area contributed by atoms with Crippen LogP contribution in [0.2, 0.25) is 0 Å². The molecule has 4 N–H and O–H groups in total. The molecule has 114 valence electrons. The van der Waals surface area contributed by atoms with Crippen LogP contribution in [-0.4, -0.2) is 17.4 Å². The monoisotopic (exact) mass is 288 g/mol.